The average Bonchev–Trinajstić information content (AvgIpc) is 2.49. The predicted octanol–water partition coefficient (Wildman–Crippen LogP) is 1.79. The molecule has 0 aliphatic rings. The zero-order valence-corrected chi connectivity index (χ0v) is 14.7. The zero-order valence-electron chi connectivity index (χ0n) is 14.7. The van der Waals surface area contributed by atoms with E-state index >= 15 is 0 Å². The van der Waals surface area contributed by atoms with Crippen LogP contribution in [0.25, 0.3) is 0 Å². The summed E-state index contributed by atoms with van der Waals surface area (Å²) in [4.78, 5) is 25.6. The zero-order chi connectivity index (χ0) is 17.3. The van der Waals surface area contributed by atoms with Gasteiger partial charge in [-0.1, -0.05) is 51.1 Å². The van der Waals surface area contributed by atoms with E-state index in [0.29, 0.717) is 6.54 Å². The first-order valence-corrected chi connectivity index (χ1v) is 8.06. The SMILES string of the molecule is CN(CCCNC(=O)CNC(=O)C(C)(C)C)Cc1ccccc1. The largest absolute Gasteiger partial charge is 0.355 e. The first-order valence-electron chi connectivity index (χ1n) is 8.06. The number of hydrogen-bond donors (Lipinski definition) is 2. The van der Waals surface area contributed by atoms with Crippen molar-refractivity contribution in [3.8, 4) is 0 Å². The molecule has 128 valence electrons. The Morgan fingerprint density at radius 1 is 1.09 bits per heavy atom. The summed E-state index contributed by atoms with van der Waals surface area (Å²) in [5.41, 5.74) is 0.810. The lowest BCUT2D eigenvalue weighted by atomic mass is 9.96. The van der Waals surface area contributed by atoms with Gasteiger partial charge in [-0.25, -0.2) is 0 Å². The normalized spacial score (nSPS) is 11.3. The summed E-state index contributed by atoms with van der Waals surface area (Å²) >= 11 is 0. The molecule has 0 radical (unpaired) electrons. The van der Waals surface area contributed by atoms with Gasteiger partial charge in [0.25, 0.3) is 0 Å². The van der Waals surface area contributed by atoms with Gasteiger partial charge in [-0.2, -0.15) is 0 Å². The number of benzene rings is 1. The molecular formula is C18H29N3O2. The highest BCUT2D eigenvalue weighted by Crippen LogP contribution is 2.11. The van der Waals surface area contributed by atoms with E-state index in [0.717, 1.165) is 19.5 Å². The molecule has 0 saturated carbocycles. The molecule has 0 bridgehead atoms. The van der Waals surface area contributed by atoms with E-state index in [1.807, 2.05) is 39.0 Å². The molecule has 1 aromatic rings. The van der Waals surface area contributed by atoms with E-state index in [-0.39, 0.29) is 18.4 Å². The van der Waals surface area contributed by atoms with Crippen LogP contribution in [0, 0.1) is 5.41 Å². The smallest absolute Gasteiger partial charge is 0.239 e. The van der Waals surface area contributed by atoms with Crippen LogP contribution < -0.4 is 10.6 Å². The molecule has 0 spiro atoms. The van der Waals surface area contributed by atoms with Crippen molar-refractivity contribution in [2.45, 2.75) is 33.7 Å². The third-order valence-electron chi connectivity index (χ3n) is 3.42. The highest BCUT2D eigenvalue weighted by Gasteiger charge is 2.21. The third-order valence-corrected chi connectivity index (χ3v) is 3.42. The molecule has 0 aliphatic carbocycles. The summed E-state index contributed by atoms with van der Waals surface area (Å²) in [6.07, 6.45) is 0.877. The van der Waals surface area contributed by atoms with Gasteiger partial charge in [0.2, 0.25) is 11.8 Å². The Morgan fingerprint density at radius 2 is 1.74 bits per heavy atom. The molecule has 5 heteroatoms. The van der Waals surface area contributed by atoms with Crippen LogP contribution in [-0.2, 0) is 16.1 Å². The molecular weight excluding hydrogens is 290 g/mol. The van der Waals surface area contributed by atoms with Gasteiger partial charge in [0, 0.05) is 18.5 Å². The van der Waals surface area contributed by atoms with Crippen molar-refractivity contribution >= 4 is 11.8 Å². The van der Waals surface area contributed by atoms with Gasteiger partial charge in [0.05, 0.1) is 6.54 Å². The second-order valence-electron chi connectivity index (χ2n) is 6.86. The quantitative estimate of drug-likeness (QED) is 0.718. The van der Waals surface area contributed by atoms with E-state index in [4.69, 9.17) is 0 Å². The van der Waals surface area contributed by atoms with Crippen molar-refractivity contribution in [3.63, 3.8) is 0 Å². The maximum absolute atomic E-state index is 11.7. The number of amides is 2. The van der Waals surface area contributed by atoms with Crippen molar-refractivity contribution in [2.75, 3.05) is 26.7 Å². The first-order chi connectivity index (χ1) is 10.8. The highest BCUT2D eigenvalue weighted by molar-refractivity contribution is 5.87. The Hall–Kier alpha value is -1.88. The molecule has 0 fully saturated rings. The molecule has 0 aliphatic heterocycles. The van der Waals surface area contributed by atoms with Crippen molar-refractivity contribution in [1.82, 2.24) is 15.5 Å². The summed E-state index contributed by atoms with van der Waals surface area (Å²) in [6, 6.07) is 10.3. The van der Waals surface area contributed by atoms with E-state index in [9.17, 15) is 9.59 Å². The van der Waals surface area contributed by atoms with Gasteiger partial charge in [0.15, 0.2) is 0 Å². The van der Waals surface area contributed by atoms with Gasteiger partial charge in [-0.05, 0) is 25.6 Å². The molecule has 1 aromatic carbocycles. The summed E-state index contributed by atoms with van der Waals surface area (Å²) in [5.74, 6) is -0.261. The van der Waals surface area contributed by atoms with E-state index in [1.54, 1.807) is 0 Å². The van der Waals surface area contributed by atoms with Gasteiger partial charge < -0.3 is 15.5 Å². The maximum atomic E-state index is 11.7. The average molecular weight is 319 g/mol. The Labute approximate surface area is 139 Å². The number of carbonyl (C=O) groups is 2. The molecule has 0 saturated heterocycles. The fourth-order valence-electron chi connectivity index (χ4n) is 2.04. The Kier molecular flexibility index (Phi) is 7.75. The van der Waals surface area contributed by atoms with Crippen LogP contribution in [-0.4, -0.2) is 43.4 Å². The lowest BCUT2D eigenvalue weighted by Gasteiger charge is -2.18. The van der Waals surface area contributed by atoms with Crippen molar-refractivity contribution in [2.24, 2.45) is 5.41 Å². The van der Waals surface area contributed by atoms with Crippen molar-refractivity contribution in [3.05, 3.63) is 35.9 Å². The summed E-state index contributed by atoms with van der Waals surface area (Å²) < 4.78 is 0. The van der Waals surface area contributed by atoms with Crippen LogP contribution in [0.15, 0.2) is 30.3 Å². The molecule has 2 amide bonds. The van der Waals surface area contributed by atoms with Crippen LogP contribution in [0.4, 0.5) is 0 Å². The number of nitrogens with one attached hydrogen (secondary N) is 2. The molecule has 2 N–H and O–H groups in total. The number of carbonyl (C=O) groups excluding carboxylic acids is 2. The molecule has 1 rings (SSSR count). The second-order valence-corrected chi connectivity index (χ2v) is 6.86. The van der Waals surface area contributed by atoms with Gasteiger partial charge in [0.1, 0.15) is 0 Å². The van der Waals surface area contributed by atoms with E-state index in [1.165, 1.54) is 5.56 Å². The van der Waals surface area contributed by atoms with Crippen LogP contribution in [0.5, 0.6) is 0 Å². The molecule has 0 unspecified atom stereocenters. The summed E-state index contributed by atoms with van der Waals surface area (Å²) in [5, 5.41) is 5.47. The van der Waals surface area contributed by atoms with Crippen LogP contribution in [0.3, 0.4) is 0 Å². The molecule has 5 nitrogen and oxygen atoms in total. The lowest BCUT2D eigenvalue weighted by Crippen LogP contribution is -2.42. The third kappa shape index (κ3) is 8.35. The predicted molar refractivity (Wildman–Crippen MR) is 92.9 cm³/mol. The molecule has 0 heterocycles. The van der Waals surface area contributed by atoms with Crippen molar-refractivity contribution < 1.29 is 9.59 Å². The number of nitrogens with zero attached hydrogens (tertiary/aromatic N) is 1. The standard InChI is InChI=1S/C18H29N3O2/c1-18(2,3)17(23)20-13-16(22)19-11-8-12-21(4)14-15-9-6-5-7-10-15/h5-7,9-10H,8,11-14H2,1-4H3,(H,19,22)(H,20,23). The minimum atomic E-state index is -0.472. The lowest BCUT2D eigenvalue weighted by molar-refractivity contribution is -0.131. The minimum absolute atomic E-state index is 0.0377. The van der Waals surface area contributed by atoms with Crippen LogP contribution >= 0.6 is 0 Å². The summed E-state index contributed by atoms with van der Waals surface area (Å²) in [6.45, 7) is 7.92. The molecule has 0 aromatic heterocycles. The Balaban J connectivity index is 2.12. The van der Waals surface area contributed by atoms with E-state index < -0.39 is 5.41 Å². The fraction of sp³-hybridized carbons (Fsp3) is 0.556. The van der Waals surface area contributed by atoms with Gasteiger partial charge >= 0.3 is 0 Å². The van der Waals surface area contributed by atoms with E-state index in [2.05, 4.69) is 34.7 Å². The van der Waals surface area contributed by atoms with Crippen LogP contribution in [0.1, 0.15) is 32.8 Å². The minimum Gasteiger partial charge on any atom is -0.355 e. The first kappa shape index (κ1) is 19.2. The number of hydrogen-bond acceptors (Lipinski definition) is 3. The second kappa shape index (κ2) is 9.30. The Morgan fingerprint density at radius 3 is 2.35 bits per heavy atom. The topological polar surface area (TPSA) is 61.4 Å². The van der Waals surface area contributed by atoms with Crippen molar-refractivity contribution in [1.29, 1.82) is 0 Å². The van der Waals surface area contributed by atoms with Crippen LogP contribution in [0.2, 0.25) is 0 Å². The molecule has 23 heavy (non-hydrogen) atoms. The Bertz CT molecular complexity index is 495. The molecule has 0 atom stereocenters. The monoisotopic (exact) mass is 319 g/mol. The van der Waals surface area contributed by atoms with Gasteiger partial charge in [-0.15, -0.1) is 0 Å². The van der Waals surface area contributed by atoms with Gasteiger partial charge in [-0.3, -0.25) is 9.59 Å². The highest BCUT2D eigenvalue weighted by atomic mass is 16.2. The number of rotatable bonds is 8. The summed E-state index contributed by atoms with van der Waals surface area (Å²) in [7, 11) is 2.07. The maximum Gasteiger partial charge on any atom is 0.239 e. The fourth-order valence-corrected chi connectivity index (χ4v) is 2.04.